The van der Waals surface area contributed by atoms with Crippen LogP contribution in [-0.2, 0) is 22.2 Å². The third kappa shape index (κ3) is 2.62. The molecule has 1 amide bonds. The van der Waals surface area contributed by atoms with E-state index in [0.29, 0.717) is 19.8 Å². The first kappa shape index (κ1) is 19.9. The second-order valence-corrected chi connectivity index (χ2v) is 8.94. The summed E-state index contributed by atoms with van der Waals surface area (Å²) in [5.41, 5.74) is 3.96. The van der Waals surface area contributed by atoms with Gasteiger partial charge in [-0.3, -0.25) is 9.78 Å². The van der Waals surface area contributed by atoms with E-state index in [1.165, 1.54) is 0 Å². The molecule has 0 N–H and O–H groups in total. The molecule has 0 saturated heterocycles. The monoisotopic (exact) mass is 434 g/mol. The van der Waals surface area contributed by atoms with E-state index in [1.54, 1.807) is 6.20 Å². The van der Waals surface area contributed by atoms with Gasteiger partial charge in [0.1, 0.15) is 23.5 Å². The van der Waals surface area contributed by atoms with Gasteiger partial charge in [-0.05, 0) is 29.8 Å². The van der Waals surface area contributed by atoms with Crippen LogP contribution in [0.25, 0.3) is 0 Å². The third-order valence-electron chi connectivity index (χ3n) is 6.61. The van der Waals surface area contributed by atoms with E-state index >= 15 is 0 Å². The SMILES string of the molecule is CC1(C)COc2cc3c(cc21)C1(CO3)C(=O)N(Cc2ccccn2)c2ccccc21.Cl. The number of rotatable bonds is 2. The van der Waals surface area contributed by atoms with E-state index in [0.717, 1.165) is 39.6 Å². The minimum absolute atomic E-state index is 0. The molecule has 1 aromatic heterocycles. The first-order valence-corrected chi connectivity index (χ1v) is 10.3. The van der Waals surface area contributed by atoms with Crippen molar-refractivity contribution in [3.63, 3.8) is 0 Å². The van der Waals surface area contributed by atoms with Gasteiger partial charge < -0.3 is 14.4 Å². The fourth-order valence-corrected chi connectivity index (χ4v) is 5.00. The first-order chi connectivity index (χ1) is 14.5. The summed E-state index contributed by atoms with van der Waals surface area (Å²) >= 11 is 0. The summed E-state index contributed by atoms with van der Waals surface area (Å²) in [4.78, 5) is 20.3. The molecule has 3 aliphatic heterocycles. The number of carbonyl (C=O) groups is 1. The van der Waals surface area contributed by atoms with Gasteiger partial charge in [0.25, 0.3) is 0 Å². The van der Waals surface area contributed by atoms with Crippen LogP contribution in [0.15, 0.2) is 60.8 Å². The fourth-order valence-electron chi connectivity index (χ4n) is 5.00. The molecule has 0 bridgehead atoms. The van der Waals surface area contributed by atoms with Crippen LogP contribution in [0.2, 0.25) is 0 Å². The standard InChI is InChI=1S/C25H22N2O3.ClH/c1-24(2)14-29-21-12-22-19(11-18(21)24)25(15-30-22)17-8-3-4-9-20(17)27(23(25)28)13-16-7-5-6-10-26-16;/h3-12H,13-15H2,1-2H3;1H. The molecule has 6 rings (SSSR count). The number of amides is 1. The minimum Gasteiger partial charge on any atom is -0.492 e. The van der Waals surface area contributed by atoms with Gasteiger partial charge in [-0.2, -0.15) is 0 Å². The van der Waals surface area contributed by atoms with Gasteiger partial charge >= 0.3 is 0 Å². The third-order valence-corrected chi connectivity index (χ3v) is 6.61. The number of aromatic nitrogens is 1. The Hall–Kier alpha value is -3.05. The molecule has 4 heterocycles. The summed E-state index contributed by atoms with van der Waals surface area (Å²) in [5, 5.41) is 0. The lowest BCUT2D eigenvalue weighted by Crippen LogP contribution is -2.42. The Balaban J connectivity index is 0.00000204. The van der Waals surface area contributed by atoms with Crippen LogP contribution in [0.5, 0.6) is 11.5 Å². The average Bonchev–Trinajstić information content (AvgIpc) is 3.36. The van der Waals surface area contributed by atoms with Gasteiger partial charge in [0.15, 0.2) is 0 Å². The maximum absolute atomic E-state index is 14.0. The maximum atomic E-state index is 14.0. The van der Waals surface area contributed by atoms with Crippen molar-refractivity contribution >= 4 is 24.0 Å². The van der Waals surface area contributed by atoms with Crippen LogP contribution in [-0.4, -0.2) is 24.1 Å². The summed E-state index contributed by atoms with van der Waals surface area (Å²) < 4.78 is 12.0. The molecule has 158 valence electrons. The Morgan fingerprint density at radius 2 is 1.68 bits per heavy atom. The molecule has 0 saturated carbocycles. The number of anilines is 1. The smallest absolute Gasteiger partial charge is 0.246 e. The number of carbonyl (C=O) groups excluding carboxylic acids is 1. The van der Waals surface area contributed by atoms with Gasteiger partial charge in [0, 0.05) is 34.5 Å². The summed E-state index contributed by atoms with van der Waals surface area (Å²) in [6.45, 7) is 5.72. The van der Waals surface area contributed by atoms with Crippen molar-refractivity contribution in [3.8, 4) is 11.5 Å². The van der Waals surface area contributed by atoms with Gasteiger partial charge in [0.05, 0.1) is 18.8 Å². The molecule has 6 heteroatoms. The zero-order chi connectivity index (χ0) is 20.5. The summed E-state index contributed by atoms with van der Waals surface area (Å²) in [6.07, 6.45) is 1.76. The van der Waals surface area contributed by atoms with Crippen molar-refractivity contribution in [1.29, 1.82) is 0 Å². The molecule has 0 fully saturated rings. The Kier molecular flexibility index (Phi) is 4.31. The van der Waals surface area contributed by atoms with E-state index in [1.807, 2.05) is 47.4 Å². The highest BCUT2D eigenvalue weighted by Crippen LogP contribution is 2.55. The summed E-state index contributed by atoms with van der Waals surface area (Å²) in [5.74, 6) is 1.65. The van der Waals surface area contributed by atoms with Crippen LogP contribution >= 0.6 is 12.4 Å². The molecule has 3 aliphatic rings. The number of nitrogens with zero attached hydrogens (tertiary/aromatic N) is 2. The highest BCUT2D eigenvalue weighted by molar-refractivity contribution is 6.11. The average molecular weight is 435 g/mol. The molecule has 3 aromatic rings. The molecule has 1 spiro atoms. The van der Waals surface area contributed by atoms with Gasteiger partial charge in [-0.25, -0.2) is 0 Å². The lowest BCUT2D eigenvalue weighted by Gasteiger charge is -2.24. The van der Waals surface area contributed by atoms with E-state index < -0.39 is 5.41 Å². The van der Waals surface area contributed by atoms with Crippen LogP contribution in [0.1, 0.15) is 36.2 Å². The van der Waals surface area contributed by atoms with Crippen molar-refractivity contribution in [3.05, 3.63) is 83.2 Å². The highest BCUT2D eigenvalue weighted by Gasteiger charge is 2.57. The van der Waals surface area contributed by atoms with Crippen molar-refractivity contribution in [2.75, 3.05) is 18.1 Å². The largest absolute Gasteiger partial charge is 0.492 e. The van der Waals surface area contributed by atoms with Crippen LogP contribution < -0.4 is 14.4 Å². The Morgan fingerprint density at radius 3 is 2.48 bits per heavy atom. The Morgan fingerprint density at radius 1 is 0.935 bits per heavy atom. The molecule has 31 heavy (non-hydrogen) atoms. The fraction of sp³-hybridized carbons (Fsp3) is 0.280. The van der Waals surface area contributed by atoms with Gasteiger partial charge in [-0.1, -0.05) is 38.1 Å². The number of pyridine rings is 1. The normalized spacial score (nSPS) is 21.7. The Bertz CT molecular complexity index is 1190. The molecular formula is C25H23ClN2O3. The van der Waals surface area contributed by atoms with E-state index in [9.17, 15) is 4.79 Å². The van der Waals surface area contributed by atoms with E-state index in [-0.39, 0.29) is 23.7 Å². The lowest BCUT2D eigenvalue weighted by atomic mass is 9.75. The van der Waals surface area contributed by atoms with Crippen molar-refractivity contribution in [2.45, 2.75) is 31.2 Å². The molecule has 0 radical (unpaired) electrons. The second-order valence-electron chi connectivity index (χ2n) is 8.94. The Labute approximate surface area is 187 Å². The zero-order valence-electron chi connectivity index (χ0n) is 17.4. The summed E-state index contributed by atoms with van der Waals surface area (Å²) in [7, 11) is 0. The number of benzene rings is 2. The van der Waals surface area contributed by atoms with Crippen molar-refractivity contribution < 1.29 is 14.3 Å². The molecular weight excluding hydrogens is 412 g/mol. The van der Waals surface area contributed by atoms with E-state index in [4.69, 9.17) is 9.47 Å². The quantitative estimate of drug-likeness (QED) is 0.600. The van der Waals surface area contributed by atoms with Gasteiger partial charge in [0.2, 0.25) is 5.91 Å². The minimum atomic E-state index is -0.825. The lowest BCUT2D eigenvalue weighted by molar-refractivity contribution is -0.122. The molecule has 1 atom stereocenters. The number of fused-ring (bicyclic) bond motifs is 5. The molecule has 1 unspecified atom stereocenters. The van der Waals surface area contributed by atoms with Crippen LogP contribution in [0, 0.1) is 0 Å². The summed E-state index contributed by atoms with van der Waals surface area (Å²) in [6, 6.07) is 17.9. The number of hydrogen-bond donors (Lipinski definition) is 0. The molecule has 0 aliphatic carbocycles. The molecule has 5 nitrogen and oxygen atoms in total. The highest BCUT2D eigenvalue weighted by atomic mass is 35.5. The number of para-hydroxylation sites is 1. The number of halogens is 1. The van der Waals surface area contributed by atoms with E-state index in [2.05, 4.69) is 31.0 Å². The topological polar surface area (TPSA) is 51.7 Å². The van der Waals surface area contributed by atoms with Crippen molar-refractivity contribution in [1.82, 2.24) is 4.98 Å². The van der Waals surface area contributed by atoms with Crippen LogP contribution in [0.4, 0.5) is 5.69 Å². The van der Waals surface area contributed by atoms with Crippen LogP contribution in [0.3, 0.4) is 0 Å². The van der Waals surface area contributed by atoms with Crippen molar-refractivity contribution in [2.24, 2.45) is 0 Å². The second kappa shape index (κ2) is 6.72. The number of ether oxygens (including phenoxy) is 2. The van der Waals surface area contributed by atoms with Gasteiger partial charge in [-0.15, -0.1) is 12.4 Å². The predicted octanol–water partition coefficient (Wildman–Crippen LogP) is 4.40. The zero-order valence-corrected chi connectivity index (χ0v) is 18.2. The predicted molar refractivity (Wildman–Crippen MR) is 120 cm³/mol. The number of hydrogen-bond acceptors (Lipinski definition) is 4. The maximum Gasteiger partial charge on any atom is 0.246 e. The molecule has 2 aromatic carbocycles. The first-order valence-electron chi connectivity index (χ1n) is 10.3.